The second-order valence-corrected chi connectivity index (χ2v) is 5.26. The van der Waals surface area contributed by atoms with Crippen molar-refractivity contribution in [2.45, 2.75) is 13.0 Å². The van der Waals surface area contributed by atoms with Crippen molar-refractivity contribution in [2.24, 2.45) is 5.11 Å². The van der Waals surface area contributed by atoms with Gasteiger partial charge in [-0.15, -0.1) is 0 Å². The van der Waals surface area contributed by atoms with Crippen molar-refractivity contribution in [3.8, 4) is 5.75 Å². The first kappa shape index (κ1) is 16.4. The number of anilines is 1. The first-order chi connectivity index (χ1) is 10.7. The van der Waals surface area contributed by atoms with E-state index < -0.39 is 6.10 Å². The smallest absolute Gasteiger partial charge is 0.142 e. The molecule has 0 aromatic heterocycles. The summed E-state index contributed by atoms with van der Waals surface area (Å²) in [6, 6.07) is 8.08. The zero-order chi connectivity index (χ0) is 15.8. The molecule has 1 fully saturated rings. The van der Waals surface area contributed by atoms with Crippen LogP contribution in [0.25, 0.3) is 10.4 Å². The topological polar surface area (TPSA) is 84.7 Å². The molecule has 1 aliphatic rings. The summed E-state index contributed by atoms with van der Waals surface area (Å²) in [5, 5.41) is 13.2. The van der Waals surface area contributed by atoms with Gasteiger partial charge < -0.3 is 14.7 Å². The quantitative estimate of drug-likeness (QED) is 0.473. The molecule has 1 N–H and O–H groups in total. The average molecular weight is 305 g/mol. The number of azide groups is 1. The Balaban J connectivity index is 1.88. The van der Waals surface area contributed by atoms with Crippen molar-refractivity contribution < 1.29 is 9.84 Å². The van der Waals surface area contributed by atoms with Gasteiger partial charge in [0.2, 0.25) is 0 Å². The highest BCUT2D eigenvalue weighted by Crippen LogP contribution is 2.28. The lowest BCUT2D eigenvalue weighted by atomic mass is 10.2. The molecule has 1 heterocycles. The van der Waals surface area contributed by atoms with Crippen LogP contribution in [-0.4, -0.2) is 62.0 Å². The maximum atomic E-state index is 9.79. The fraction of sp³-hybridized carbons (Fsp3) is 0.600. The Hall–Kier alpha value is -1.95. The van der Waals surface area contributed by atoms with Gasteiger partial charge in [-0.3, -0.25) is 4.90 Å². The van der Waals surface area contributed by atoms with E-state index in [-0.39, 0.29) is 6.54 Å². The highest BCUT2D eigenvalue weighted by molar-refractivity contribution is 5.58. The lowest BCUT2D eigenvalue weighted by molar-refractivity contribution is 0.115. The number of β-amino-alcohol motifs (C(OH)–C–C–N with tert-alkyl or cyclic N) is 1. The van der Waals surface area contributed by atoms with Gasteiger partial charge in [-0.25, -0.2) is 0 Å². The predicted octanol–water partition coefficient (Wildman–Crippen LogP) is 1.88. The van der Waals surface area contributed by atoms with E-state index in [1.807, 2.05) is 25.1 Å². The average Bonchev–Trinajstić information content (AvgIpc) is 2.55. The van der Waals surface area contributed by atoms with Gasteiger partial charge in [-0.2, -0.15) is 0 Å². The largest absolute Gasteiger partial charge is 0.492 e. The molecule has 1 aromatic carbocycles. The lowest BCUT2D eigenvalue weighted by Crippen LogP contribution is -2.49. The van der Waals surface area contributed by atoms with Gasteiger partial charge in [-0.1, -0.05) is 17.2 Å². The predicted molar refractivity (Wildman–Crippen MR) is 86.3 cm³/mol. The summed E-state index contributed by atoms with van der Waals surface area (Å²) in [7, 11) is 0. The van der Waals surface area contributed by atoms with Gasteiger partial charge in [0.25, 0.3) is 0 Å². The number of ether oxygens (including phenoxy) is 1. The number of para-hydroxylation sites is 2. The molecule has 0 radical (unpaired) electrons. The van der Waals surface area contributed by atoms with Crippen LogP contribution in [0.2, 0.25) is 0 Å². The second-order valence-electron chi connectivity index (χ2n) is 5.26. The minimum Gasteiger partial charge on any atom is -0.492 e. The number of aliphatic hydroxyl groups is 1. The molecule has 1 aromatic rings. The number of rotatable bonds is 7. The molecular weight excluding hydrogens is 282 g/mol. The van der Waals surface area contributed by atoms with Crippen molar-refractivity contribution in [3.05, 3.63) is 34.7 Å². The fourth-order valence-corrected chi connectivity index (χ4v) is 2.65. The van der Waals surface area contributed by atoms with Gasteiger partial charge in [0.15, 0.2) is 0 Å². The monoisotopic (exact) mass is 305 g/mol. The molecule has 22 heavy (non-hydrogen) atoms. The number of piperazine rings is 1. The zero-order valence-electron chi connectivity index (χ0n) is 12.9. The molecule has 1 aliphatic heterocycles. The van der Waals surface area contributed by atoms with Crippen molar-refractivity contribution >= 4 is 5.69 Å². The normalized spacial score (nSPS) is 16.9. The van der Waals surface area contributed by atoms with Crippen LogP contribution in [0, 0.1) is 0 Å². The number of hydrogen-bond donors (Lipinski definition) is 1. The summed E-state index contributed by atoms with van der Waals surface area (Å²) in [4.78, 5) is 7.17. The lowest BCUT2D eigenvalue weighted by Gasteiger charge is -2.37. The van der Waals surface area contributed by atoms with Gasteiger partial charge in [0, 0.05) is 37.6 Å². The number of hydrogen-bond acceptors (Lipinski definition) is 5. The fourth-order valence-electron chi connectivity index (χ4n) is 2.65. The van der Waals surface area contributed by atoms with Crippen molar-refractivity contribution in [1.82, 2.24) is 4.90 Å². The van der Waals surface area contributed by atoms with E-state index in [9.17, 15) is 5.11 Å². The third-order valence-electron chi connectivity index (χ3n) is 3.70. The highest BCUT2D eigenvalue weighted by Gasteiger charge is 2.21. The van der Waals surface area contributed by atoms with Crippen LogP contribution in [0.1, 0.15) is 6.92 Å². The molecule has 0 spiro atoms. The van der Waals surface area contributed by atoms with Crippen LogP contribution in [-0.2, 0) is 0 Å². The molecule has 0 aliphatic carbocycles. The maximum Gasteiger partial charge on any atom is 0.142 e. The van der Waals surface area contributed by atoms with Crippen LogP contribution in [0.3, 0.4) is 0 Å². The van der Waals surface area contributed by atoms with Gasteiger partial charge in [0.1, 0.15) is 5.75 Å². The molecule has 0 amide bonds. The van der Waals surface area contributed by atoms with Crippen LogP contribution < -0.4 is 9.64 Å². The Labute approximate surface area is 130 Å². The number of nitrogens with zero attached hydrogens (tertiary/aromatic N) is 5. The molecule has 2 rings (SSSR count). The van der Waals surface area contributed by atoms with Crippen molar-refractivity contribution in [3.63, 3.8) is 0 Å². The van der Waals surface area contributed by atoms with E-state index in [2.05, 4.69) is 25.9 Å². The summed E-state index contributed by atoms with van der Waals surface area (Å²) in [6.45, 7) is 6.82. The van der Waals surface area contributed by atoms with E-state index in [1.54, 1.807) is 0 Å². The van der Waals surface area contributed by atoms with Gasteiger partial charge in [0.05, 0.1) is 24.9 Å². The Kier molecular flexibility index (Phi) is 6.33. The first-order valence-corrected chi connectivity index (χ1v) is 7.62. The maximum absolute atomic E-state index is 9.79. The Bertz CT molecular complexity index is 510. The first-order valence-electron chi connectivity index (χ1n) is 7.62. The second kappa shape index (κ2) is 8.48. The molecule has 7 nitrogen and oxygen atoms in total. The minimum absolute atomic E-state index is 0.129. The Morgan fingerprint density at radius 1 is 1.32 bits per heavy atom. The zero-order valence-corrected chi connectivity index (χ0v) is 12.9. The third kappa shape index (κ3) is 4.53. The summed E-state index contributed by atoms with van der Waals surface area (Å²) in [6.07, 6.45) is -0.599. The Morgan fingerprint density at radius 3 is 2.73 bits per heavy atom. The van der Waals surface area contributed by atoms with E-state index in [0.29, 0.717) is 13.2 Å². The summed E-state index contributed by atoms with van der Waals surface area (Å²) in [5.41, 5.74) is 9.39. The highest BCUT2D eigenvalue weighted by atomic mass is 16.5. The van der Waals surface area contributed by atoms with Crippen molar-refractivity contribution in [1.29, 1.82) is 0 Å². The van der Waals surface area contributed by atoms with Crippen LogP contribution in [0.5, 0.6) is 5.75 Å². The van der Waals surface area contributed by atoms with Crippen LogP contribution >= 0.6 is 0 Å². The molecule has 1 atom stereocenters. The van der Waals surface area contributed by atoms with E-state index >= 15 is 0 Å². The Morgan fingerprint density at radius 2 is 2.05 bits per heavy atom. The number of aliphatic hydroxyl groups excluding tert-OH is 1. The molecule has 1 saturated heterocycles. The van der Waals surface area contributed by atoms with E-state index in [4.69, 9.17) is 10.3 Å². The molecular formula is C15H23N5O2. The van der Waals surface area contributed by atoms with Gasteiger partial charge >= 0.3 is 0 Å². The van der Waals surface area contributed by atoms with E-state index in [0.717, 1.165) is 37.6 Å². The molecule has 1 unspecified atom stereocenters. The van der Waals surface area contributed by atoms with E-state index in [1.165, 1.54) is 0 Å². The molecule has 7 heteroatoms. The van der Waals surface area contributed by atoms with Crippen molar-refractivity contribution in [2.75, 3.05) is 50.8 Å². The SMILES string of the molecule is CCOc1ccccc1N1CCN(CC(O)CN=[N+]=[N-])CC1. The summed E-state index contributed by atoms with van der Waals surface area (Å²) < 4.78 is 5.68. The summed E-state index contributed by atoms with van der Waals surface area (Å²) >= 11 is 0. The standard InChI is InChI=1S/C15H23N5O2/c1-2-22-15-6-4-3-5-14(15)20-9-7-19(8-10-20)12-13(21)11-17-18-16/h3-6,13,21H,2,7-12H2,1H3. The molecule has 120 valence electrons. The molecule has 0 saturated carbocycles. The minimum atomic E-state index is -0.599. The molecule has 0 bridgehead atoms. The van der Waals surface area contributed by atoms with Gasteiger partial charge in [-0.05, 0) is 24.6 Å². The van der Waals surface area contributed by atoms with Crippen LogP contribution in [0.15, 0.2) is 29.4 Å². The summed E-state index contributed by atoms with van der Waals surface area (Å²) in [5.74, 6) is 0.918. The number of benzene rings is 1. The third-order valence-corrected chi connectivity index (χ3v) is 3.70. The van der Waals surface area contributed by atoms with Crippen LogP contribution in [0.4, 0.5) is 5.69 Å².